The Kier molecular flexibility index (Phi) is 5.61. The highest BCUT2D eigenvalue weighted by atomic mass is 79.9. The monoisotopic (exact) mass is 382 g/mol. The molecule has 0 aromatic heterocycles. The zero-order chi connectivity index (χ0) is 17.2. The van der Waals surface area contributed by atoms with Crippen molar-refractivity contribution in [2.24, 2.45) is 0 Å². The standard InChI is InChI=1S/C18H27BrN2O2/c1-12-10-13(2)16(15(19)11-12)20-14-6-8-21(9-7-14)17(22)23-18(3,4)5/h10-11,14,20H,6-9H2,1-5H3. The van der Waals surface area contributed by atoms with Crippen molar-refractivity contribution in [3.8, 4) is 0 Å². The van der Waals surface area contributed by atoms with Gasteiger partial charge >= 0.3 is 6.09 Å². The summed E-state index contributed by atoms with van der Waals surface area (Å²) in [6.45, 7) is 11.4. The Morgan fingerprint density at radius 1 is 1.26 bits per heavy atom. The van der Waals surface area contributed by atoms with E-state index in [1.165, 1.54) is 11.1 Å². The molecule has 1 fully saturated rings. The van der Waals surface area contributed by atoms with Gasteiger partial charge in [-0.3, -0.25) is 0 Å². The van der Waals surface area contributed by atoms with Crippen LogP contribution in [0, 0.1) is 13.8 Å². The summed E-state index contributed by atoms with van der Waals surface area (Å²) in [6, 6.07) is 4.69. The van der Waals surface area contributed by atoms with E-state index in [0.717, 1.165) is 36.1 Å². The minimum atomic E-state index is -0.434. The maximum absolute atomic E-state index is 12.1. The first-order valence-electron chi connectivity index (χ1n) is 8.17. The van der Waals surface area contributed by atoms with Crippen LogP contribution in [-0.4, -0.2) is 35.7 Å². The molecule has 4 nitrogen and oxygen atoms in total. The SMILES string of the molecule is Cc1cc(C)c(NC2CCN(C(=O)OC(C)(C)C)CC2)c(Br)c1. The topological polar surface area (TPSA) is 41.6 Å². The summed E-state index contributed by atoms with van der Waals surface area (Å²) in [5.41, 5.74) is 3.22. The summed E-state index contributed by atoms with van der Waals surface area (Å²) in [6.07, 6.45) is 1.65. The van der Waals surface area contributed by atoms with E-state index in [1.807, 2.05) is 20.8 Å². The molecule has 2 rings (SSSR count). The summed E-state index contributed by atoms with van der Waals surface area (Å²) < 4.78 is 6.54. The number of piperidine rings is 1. The van der Waals surface area contributed by atoms with E-state index < -0.39 is 5.60 Å². The van der Waals surface area contributed by atoms with Gasteiger partial charge in [0.05, 0.1) is 5.69 Å². The number of carbonyl (C=O) groups excluding carboxylic acids is 1. The molecule has 1 amide bonds. The van der Waals surface area contributed by atoms with Crippen LogP contribution in [0.4, 0.5) is 10.5 Å². The molecule has 1 aromatic carbocycles. The average molecular weight is 383 g/mol. The van der Waals surface area contributed by atoms with Crippen LogP contribution in [0.25, 0.3) is 0 Å². The zero-order valence-electron chi connectivity index (χ0n) is 14.7. The number of amides is 1. The molecule has 0 atom stereocenters. The molecule has 1 aliphatic heterocycles. The second-order valence-corrected chi connectivity index (χ2v) is 8.18. The third kappa shape index (κ3) is 5.13. The van der Waals surface area contributed by atoms with Gasteiger partial charge in [0, 0.05) is 23.6 Å². The van der Waals surface area contributed by atoms with Gasteiger partial charge in [-0.1, -0.05) is 6.07 Å². The van der Waals surface area contributed by atoms with E-state index in [2.05, 4.69) is 47.2 Å². The Balaban J connectivity index is 1.92. The van der Waals surface area contributed by atoms with Crippen molar-refractivity contribution in [2.45, 2.75) is 59.1 Å². The predicted octanol–water partition coefficient (Wildman–Crippen LogP) is 4.88. The van der Waals surface area contributed by atoms with E-state index in [4.69, 9.17) is 4.74 Å². The summed E-state index contributed by atoms with van der Waals surface area (Å²) in [4.78, 5) is 13.9. The molecular weight excluding hydrogens is 356 g/mol. The molecule has 0 bridgehead atoms. The fourth-order valence-corrected chi connectivity index (χ4v) is 3.62. The lowest BCUT2D eigenvalue weighted by molar-refractivity contribution is 0.0210. The van der Waals surface area contributed by atoms with Crippen molar-refractivity contribution in [3.05, 3.63) is 27.7 Å². The summed E-state index contributed by atoms with van der Waals surface area (Å²) in [5.74, 6) is 0. The molecule has 0 unspecified atom stereocenters. The highest BCUT2D eigenvalue weighted by Gasteiger charge is 2.27. The largest absolute Gasteiger partial charge is 0.444 e. The molecular formula is C18H27BrN2O2. The van der Waals surface area contributed by atoms with E-state index in [-0.39, 0.29) is 6.09 Å². The maximum Gasteiger partial charge on any atom is 0.410 e. The molecule has 0 aliphatic carbocycles. The van der Waals surface area contributed by atoms with Crippen LogP contribution < -0.4 is 5.32 Å². The van der Waals surface area contributed by atoms with Gasteiger partial charge < -0.3 is 15.0 Å². The minimum absolute atomic E-state index is 0.205. The zero-order valence-corrected chi connectivity index (χ0v) is 16.3. The lowest BCUT2D eigenvalue weighted by Crippen LogP contribution is -2.44. The normalized spacial score (nSPS) is 16.3. The number of carbonyl (C=O) groups is 1. The van der Waals surface area contributed by atoms with Gasteiger partial charge in [0.1, 0.15) is 5.60 Å². The number of hydrogen-bond acceptors (Lipinski definition) is 3. The number of ether oxygens (including phenoxy) is 1. The van der Waals surface area contributed by atoms with Gasteiger partial charge in [-0.25, -0.2) is 4.79 Å². The van der Waals surface area contributed by atoms with Gasteiger partial charge in [-0.05, 0) is 80.6 Å². The van der Waals surface area contributed by atoms with E-state index in [9.17, 15) is 4.79 Å². The molecule has 1 heterocycles. The number of benzene rings is 1. The fourth-order valence-electron chi connectivity index (χ4n) is 2.84. The highest BCUT2D eigenvalue weighted by molar-refractivity contribution is 9.10. The molecule has 0 radical (unpaired) electrons. The Labute approximate surface area is 147 Å². The van der Waals surface area contributed by atoms with Crippen molar-refractivity contribution in [3.63, 3.8) is 0 Å². The van der Waals surface area contributed by atoms with Crippen LogP contribution in [0.3, 0.4) is 0 Å². The Bertz CT molecular complexity index is 550. The lowest BCUT2D eigenvalue weighted by atomic mass is 10.0. The molecule has 1 N–H and O–H groups in total. The number of aryl methyl sites for hydroxylation is 2. The Morgan fingerprint density at radius 3 is 2.39 bits per heavy atom. The summed E-state index contributed by atoms with van der Waals surface area (Å²) in [7, 11) is 0. The third-order valence-corrected chi connectivity index (χ3v) is 4.55. The molecule has 1 saturated heterocycles. The van der Waals surface area contributed by atoms with Crippen LogP contribution in [-0.2, 0) is 4.74 Å². The Hall–Kier alpha value is -1.23. The van der Waals surface area contributed by atoms with Crippen molar-refractivity contribution in [2.75, 3.05) is 18.4 Å². The maximum atomic E-state index is 12.1. The quantitative estimate of drug-likeness (QED) is 0.792. The highest BCUT2D eigenvalue weighted by Crippen LogP contribution is 2.30. The van der Waals surface area contributed by atoms with Gasteiger partial charge in [-0.15, -0.1) is 0 Å². The van der Waals surface area contributed by atoms with Gasteiger partial charge in [-0.2, -0.15) is 0 Å². The number of halogens is 1. The fraction of sp³-hybridized carbons (Fsp3) is 0.611. The molecule has 128 valence electrons. The number of rotatable bonds is 2. The van der Waals surface area contributed by atoms with Gasteiger partial charge in [0.25, 0.3) is 0 Å². The molecule has 0 saturated carbocycles. The van der Waals surface area contributed by atoms with E-state index >= 15 is 0 Å². The summed E-state index contributed by atoms with van der Waals surface area (Å²) >= 11 is 3.65. The Morgan fingerprint density at radius 2 is 1.87 bits per heavy atom. The number of anilines is 1. The van der Waals surface area contributed by atoms with Gasteiger partial charge in [0.2, 0.25) is 0 Å². The molecule has 5 heteroatoms. The first-order chi connectivity index (χ1) is 10.7. The number of likely N-dealkylation sites (tertiary alicyclic amines) is 1. The van der Waals surface area contributed by atoms with Crippen LogP contribution >= 0.6 is 15.9 Å². The van der Waals surface area contributed by atoms with E-state index in [1.54, 1.807) is 4.90 Å². The van der Waals surface area contributed by atoms with Crippen LogP contribution in [0.1, 0.15) is 44.7 Å². The second kappa shape index (κ2) is 7.12. The van der Waals surface area contributed by atoms with Crippen molar-refractivity contribution in [1.82, 2.24) is 4.90 Å². The average Bonchev–Trinajstić information content (AvgIpc) is 2.41. The molecule has 23 heavy (non-hydrogen) atoms. The van der Waals surface area contributed by atoms with Crippen LogP contribution in [0.2, 0.25) is 0 Å². The molecule has 1 aliphatic rings. The first kappa shape index (κ1) is 18.1. The van der Waals surface area contributed by atoms with Crippen molar-refractivity contribution >= 4 is 27.7 Å². The second-order valence-electron chi connectivity index (χ2n) is 7.32. The summed E-state index contributed by atoms with van der Waals surface area (Å²) in [5, 5.41) is 3.63. The lowest BCUT2D eigenvalue weighted by Gasteiger charge is -2.34. The number of nitrogens with zero attached hydrogens (tertiary/aromatic N) is 1. The van der Waals surface area contributed by atoms with Crippen LogP contribution in [0.15, 0.2) is 16.6 Å². The number of hydrogen-bond donors (Lipinski definition) is 1. The molecule has 1 aromatic rings. The van der Waals surface area contributed by atoms with Crippen LogP contribution in [0.5, 0.6) is 0 Å². The predicted molar refractivity (Wildman–Crippen MR) is 98.1 cm³/mol. The van der Waals surface area contributed by atoms with Crippen molar-refractivity contribution in [1.29, 1.82) is 0 Å². The van der Waals surface area contributed by atoms with Crippen molar-refractivity contribution < 1.29 is 9.53 Å². The third-order valence-electron chi connectivity index (χ3n) is 3.93. The minimum Gasteiger partial charge on any atom is -0.444 e. The number of nitrogens with one attached hydrogen (secondary N) is 1. The smallest absolute Gasteiger partial charge is 0.410 e. The van der Waals surface area contributed by atoms with Gasteiger partial charge in [0.15, 0.2) is 0 Å². The first-order valence-corrected chi connectivity index (χ1v) is 8.96. The molecule has 0 spiro atoms. The van der Waals surface area contributed by atoms with E-state index in [0.29, 0.717) is 6.04 Å².